The van der Waals surface area contributed by atoms with Crippen LogP contribution in [0.2, 0.25) is 0 Å². The van der Waals surface area contributed by atoms with Gasteiger partial charge in [0, 0.05) is 0 Å². The van der Waals surface area contributed by atoms with Crippen molar-refractivity contribution in [2.24, 2.45) is 0 Å². The van der Waals surface area contributed by atoms with Crippen molar-refractivity contribution in [3.05, 3.63) is 35.4 Å². The first-order valence-electron chi connectivity index (χ1n) is 6.83. The van der Waals surface area contributed by atoms with Crippen molar-refractivity contribution in [1.82, 2.24) is 4.90 Å². The Balaban J connectivity index is 0.00000264. The molecule has 0 aromatic heterocycles. The molecule has 0 spiro atoms. The van der Waals surface area contributed by atoms with Crippen LogP contribution in [0.15, 0.2) is 24.3 Å². The summed E-state index contributed by atoms with van der Waals surface area (Å²) in [4.78, 5) is 49.3. The van der Waals surface area contributed by atoms with Gasteiger partial charge in [-0.3, -0.25) is 9.59 Å². The molecule has 2 rings (SSSR count). The van der Waals surface area contributed by atoms with E-state index in [9.17, 15) is 19.2 Å². The molecule has 1 aliphatic rings. The van der Waals surface area contributed by atoms with E-state index in [4.69, 9.17) is 9.47 Å². The molecule has 0 radical (unpaired) electrons. The van der Waals surface area contributed by atoms with Gasteiger partial charge in [-0.1, -0.05) is 12.1 Å². The number of nitrogens with zero attached hydrogens (tertiary/aromatic N) is 1. The molecule has 23 heavy (non-hydrogen) atoms. The molecule has 0 fully saturated rings. The summed E-state index contributed by atoms with van der Waals surface area (Å²) in [5.41, 5.74) is 0.289. The average molecular weight is 329 g/mol. The zero-order valence-corrected chi connectivity index (χ0v) is 15.2. The molecule has 0 aliphatic carbocycles. The van der Waals surface area contributed by atoms with Gasteiger partial charge in [0.2, 0.25) is 6.04 Å². The minimum absolute atomic E-state index is 0. The molecule has 1 aromatic carbocycles. The van der Waals surface area contributed by atoms with Gasteiger partial charge in [-0.2, -0.15) is 0 Å². The fourth-order valence-corrected chi connectivity index (χ4v) is 2.19. The van der Waals surface area contributed by atoms with Crippen LogP contribution in [0, 0.1) is 0 Å². The van der Waals surface area contributed by atoms with Crippen molar-refractivity contribution in [3.63, 3.8) is 0 Å². The van der Waals surface area contributed by atoms with Crippen LogP contribution >= 0.6 is 0 Å². The van der Waals surface area contributed by atoms with E-state index in [2.05, 4.69) is 0 Å². The van der Waals surface area contributed by atoms with Gasteiger partial charge >= 0.3 is 41.5 Å². The van der Waals surface area contributed by atoms with E-state index < -0.39 is 29.8 Å². The Morgan fingerprint density at radius 3 is 1.74 bits per heavy atom. The number of carbonyl (C=O) groups is 4. The Hall–Kier alpha value is -1.70. The van der Waals surface area contributed by atoms with Crippen LogP contribution in [0.3, 0.4) is 0 Å². The number of esters is 2. The van der Waals surface area contributed by atoms with E-state index in [1.807, 2.05) is 0 Å². The van der Waals surface area contributed by atoms with E-state index in [-0.39, 0.29) is 55.3 Å². The maximum absolute atomic E-state index is 12.4. The van der Waals surface area contributed by atoms with Gasteiger partial charge in [0.15, 0.2) is 0 Å². The van der Waals surface area contributed by atoms with E-state index >= 15 is 0 Å². The summed E-state index contributed by atoms with van der Waals surface area (Å²) < 4.78 is 9.59. The summed E-state index contributed by atoms with van der Waals surface area (Å²) in [5.74, 6) is -3.41. The smallest absolute Gasteiger partial charge is 1.00 e. The number of hydrogen-bond donors (Lipinski definition) is 0. The van der Waals surface area contributed by atoms with Gasteiger partial charge < -0.3 is 10.9 Å². The summed E-state index contributed by atoms with van der Waals surface area (Å²) in [6, 6.07) is 4.38. The maximum atomic E-state index is 12.4. The molecule has 0 saturated heterocycles. The minimum Gasteiger partial charge on any atom is -1.00 e. The molecular weight excluding hydrogens is 313 g/mol. The van der Waals surface area contributed by atoms with Crippen molar-refractivity contribution in [2.75, 3.05) is 13.2 Å². The Kier molecular flexibility index (Phi) is 6.93. The molecule has 7 nitrogen and oxygen atoms in total. The van der Waals surface area contributed by atoms with Gasteiger partial charge in [-0.15, -0.1) is 0 Å². The van der Waals surface area contributed by atoms with Crippen LogP contribution in [0.1, 0.15) is 36.0 Å². The van der Waals surface area contributed by atoms with Crippen LogP contribution in [0.5, 0.6) is 0 Å². The first-order chi connectivity index (χ1) is 10.5. The molecule has 0 unspecified atom stereocenters. The molecule has 1 aliphatic heterocycles. The van der Waals surface area contributed by atoms with Crippen molar-refractivity contribution in [1.29, 1.82) is 0 Å². The SMILES string of the molecule is CCOC(=O)C(C(=O)OCC)N1C(=O)c2ccccc2C1=O.[H-].[Na+]. The molecule has 8 heteroatoms. The zero-order valence-electron chi connectivity index (χ0n) is 14.2. The first-order valence-corrected chi connectivity index (χ1v) is 6.83. The molecule has 1 aromatic rings. The topological polar surface area (TPSA) is 90.0 Å². The molecule has 0 N–H and O–H groups in total. The number of benzene rings is 1. The van der Waals surface area contributed by atoms with Crippen LogP contribution < -0.4 is 29.6 Å². The zero-order chi connectivity index (χ0) is 16.3. The predicted molar refractivity (Wildman–Crippen MR) is 75.1 cm³/mol. The normalized spacial score (nSPS) is 12.7. The van der Waals surface area contributed by atoms with E-state index in [0.29, 0.717) is 4.90 Å². The number of amides is 2. The Bertz CT molecular complexity index is 598. The van der Waals surface area contributed by atoms with Gasteiger partial charge in [0.05, 0.1) is 24.3 Å². The van der Waals surface area contributed by atoms with Gasteiger partial charge in [0.25, 0.3) is 11.8 Å². The average Bonchev–Trinajstić information content (AvgIpc) is 2.74. The number of hydrogen-bond acceptors (Lipinski definition) is 6. The van der Waals surface area contributed by atoms with Crippen LogP contribution in [-0.4, -0.2) is 47.9 Å². The van der Waals surface area contributed by atoms with Crippen molar-refractivity contribution in [3.8, 4) is 0 Å². The van der Waals surface area contributed by atoms with E-state index in [0.717, 1.165) is 0 Å². The standard InChI is InChI=1S/C15H15NO6.Na.H/c1-3-21-14(19)11(15(20)22-4-2)16-12(17)9-7-5-6-8-10(9)13(16)18;;/h5-8,11H,3-4H2,1-2H3;;/q;+1;-1. The van der Waals surface area contributed by atoms with Crippen LogP contribution in [-0.2, 0) is 19.1 Å². The number of ether oxygens (including phenoxy) is 2. The van der Waals surface area contributed by atoms with E-state index in [1.54, 1.807) is 26.0 Å². The van der Waals surface area contributed by atoms with Crippen LogP contribution in [0.4, 0.5) is 0 Å². The van der Waals surface area contributed by atoms with Crippen LogP contribution in [0.25, 0.3) is 0 Å². The fraction of sp³-hybridized carbons (Fsp3) is 0.333. The maximum Gasteiger partial charge on any atom is 1.00 e. The third kappa shape index (κ3) is 3.63. The van der Waals surface area contributed by atoms with Crippen molar-refractivity contribution < 1.29 is 59.6 Å². The second kappa shape index (κ2) is 8.24. The third-order valence-electron chi connectivity index (χ3n) is 3.10. The predicted octanol–water partition coefficient (Wildman–Crippen LogP) is -2.11. The molecule has 118 valence electrons. The number of imide groups is 1. The first kappa shape index (κ1) is 19.3. The van der Waals surface area contributed by atoms with Crippen molar-refractivity contribution in [2.45, 2.75) is 19.9 Å². The Morgan fingerprint density at radius 2 is 1.39 bits per heavy atom. The molecule has 0 bridgehead atoms. The summed E-state index contributed by atoms with van der Waals surface area (Å²) in [5, 5.41) is 0. The summed E-state index contributed by atoms with van der Waals surface area (Å²) in [6.07, 6.45) is 0. The summed E-state index contributed by atoms with van der Waals surface area (Å²) in [6.45, 7) is 3.14. The van der Waals surface area contributed by atoms with Crippen molar-refractivity contribution >= 4 is 23.8 Å². The monoisotopic (exact) mass is 329 g/mol. The molecular formula is C15H16NNaO6. The number of carbonyl (C=O) groups excluding carboxylic acids is 4. The largest absolute Gasteiger partial charge is 1.00 e. The Morgan fingerprint density at radius 1 is 1.00 bits per heavy atom. The molecule has 2 amide bonds. The number of fused-ring (bicyclic) bond motifs is 1. The summed E-state index contributed by atoms with van der Waals surface area (Å²) in [7, 11) is 0. The molecule has 0 saturated carbocycles. The molecule has 0 atom stereocenters. The second-order valence-corrected chi connectivity index (χ2v) is 4.43. The van der Waals surface area contributed by atoms with Gasteiger partial charge in [-0.05, 0) is 26.0 Å². The second-order valence-electron chi connectivity index (χ2n) is 4.43. The molecule has 1 heterocycles. The number of rotatable bonds is 5. The Labute approximate surface area is 156 Å². The van der Waals surface area contributed by atoms with E-state index in [1.165, 1.54) is 12.1 Å². The summed E-state index contributed by atoms with van der Waals surface area (Å²) >= 11 is 0. The quantitative estimate of drug-likeness (QED) is 0.266. The third-order valence-corrected chi connectivity index (χ3v) is 3.10. The van der Waals surface area contributed by atoms with Gasteiger partial charge in [0.1, 0.15) is 0 Å². The minimum atomic E-state index is -1.73. The fourth-order valence-electron chi connectivity index (χ4n) is 2.19. The van der Waals surface area contributed by atoms with Gasteiger partial charge in [-0.25, -0.2) is 14.5 Å².